The minimum Gasteiger partial charge on any atom is -0.497 e. The third-order valence-electron chi connectivity index (χ3n) is 3.86. The van der Waals surface area contributed by atoms with Crippen LogP contribution in [-0.2, 0) is 6.18 Å². The molecule has 0 atom stereocenters. The largest absolute Gasteiger partial charge is 0.497 e. The molecular formula is C19H18F3NOS. The molecule has 0 saturated carbocycles. The Hall–Kier alpha value is -2.08. The molecule has 0 spiro atoms. The quantitative estimate of drug-likeness (QED) is 0.764. The highest BCUT2D eigenvalue weighted by Gasteiger charge is 2.33. The van der Waals surface area contributed by atoms with Gasteiger partial charge in [0.15, 0.2) is 0 Å². The third kappa shape index (κ3) is 3.79. The van der Waals surface area contributed by atoms with Gasteiger partial charge in [0.2, 0.25) is 0 Å². The summed E-state index contributed by atoms with van der Waals surface area (Å²) in [5.74, 6) is 0.755. The Bertz CT molecular complexity index is 793. The van der Waals surface area contributed by atoms with Gasteiger partial charge in [-0.1, -0.05) is 23.9 Å². The third-order valence-corrected chi connectivity index (χ3v) is 5.12. The van der Waals surface area contributed by atoms with Crippen molar-refractivity contribution in [2.75, 3.05) is 7.11 Å². The van der Waals surface area contributed by atoms with E-state index in [0.717, 1.165) is 39.6 Å². The molecule has 2 aromatic carbocycles. The van der Waals surface area contributed by atoms with E-state index in [0.29, 0.717) is 0 Å². The first-order chi connectivity index (χ1) is 11.7. The fourth-order valence-electron chi connectivity index (χ4n) is 2.66. The van der Waals surface area contributed by atoms with Gasteiger partial charge in [0.05, 0.1) is 23.2 Å². The number of ether oxygens (including phenoxy) is 1. The minimum absolute atomic E-state index is 0.243. The summed E-state index contributed by atoms with van der Waals surface area (Å²) in [5.41, 5.74) is 2.01. The zero-order chi connectivity index (χ0) is 18.2. The van der Waals surface area contributed by atoms with E-state index < -0.39 is 11.7 Å². The Balaban J connectivity index is 2.02. The smallest absolute Gasteiger partial charge is 0.416 e. The normalized spacial score (nSPS) is 16.7. The van der Waals surface area contributed by atoms with Crippen LogP contribution in [0.4, 0.5) is 13.2 Å². The summed E-state index contributed by atoms with van der Waals surface area (Å²) in [7, 11) is 1.61. The molecule has 132 valence electrons. The van der Waals surface area contributed by atoms with Crippen molar-refractivity contribution in [3.8, 4) is 5.75 Å². The molecule has 25 heavy (non-hydrogen) atoms. The zero-order valence-electron chi connectivity index (χ0n) is 14.1. The standard InChI is InChI=1S/C19H18F3NOS/c1-18(2)23-16(12-6-10-15(24-3)11-7-12)17(25-18)13-4-8-14(9-5-13)19(20,21)22/h4-11,23H,1-3H3. The van der Waals surface area contributed by atoms with Crippen LogP contribution in [0.2, 0.25) is 0 Å². The van der Waals surface area contributed by atoms with Gasteiger partial charge in [0, 0.05) is 4.91 Å². The number of rotatable bonds is 3. The number of halogens is 3. The minimum atomic E-state index is -4.33. The zero-order valence-corrected chi connectivity index (χ0v) is 14.9. The number of nitrogens with one attached hydrogen (secondary N) is 1. The highest BCUT2D eigenvalue weighted by Crippen LogP contribution is 2.47. The Morgan fingerprint density at radius 2 is 1.48 bits per heavy atom. The summed E-state index contributed by atoms with van der Waals surface area (Å²) in [4.78, 5) is 0.691. The molecule has 0 aliphatic carbocycles. The van der Waals surface area contributed by atoms with Crippen LogP contribution >= 0.6 is 11.8 Å². The molecule has 2 aromatic rings. The molecule has 0 aromatic heterocycles. The summed E-state index contributed by atoms with van der Waals surface area (Å²) in [6.45, 7) is 4.08. The molecule has 0 radical (unpaired) electrons. The van der Waals surface area contributed by atoms with Crippen molar-refractivity contribution in [3.05, 3.63) is 65.2 Å². The van der Waals surface area contributed by atoms with E-state index >= 15 is 0 Å². The number of alkyl halides is 3. The molecule has 2 nitrogen and oxygen atoms in total. The molecule has 1 aliphatic heterocycles. The SMILES string of the molecule is COc1ccc(C2=C(c3ccc(C(F)(F)F)cc3)SC(C)(C)N2)cc1. The summed E-state index contributed by atoms with van der Waals surface area (Å²) >= 11 is 1.60. The summed E-state index contributed by atoms with van der Waals surface area (Å²) in [5, 5.41) is 3.46. The van der Waals surface area contributed by atoms with E-state index in [9.17, 15) is 13.2 Å². The van der Waals surface area contributed by atoms with Gasteiger partial charge < -0.3 is 10.1 Å². The predicted molar refractivity (Wildman–Crippen MR) is 96.1 cm³/mol. The van der Waals surface area contributed by atoms with Crippen molar-refractivity contribution in [2.45, 2.75) is 24.9 Å². The van der Waals surface area contributed by atoms with Crippen molar-refractivity contribution in [2.24, 2.45) is 0 Å². The van der Waals surface area contributed by atoms with Crippen LogP contribution in [0.1, 0.15) is 30.5 Å². The lowest BCUT2D eigenvalue weighted by Crippen LogP contribution is -2.29. The number of benzene rings is 2. The Labute approximate surface area is 149 Å². The molecule has 0 amide bonds. The van der Waals surface area contributed by atoms with Crippen LogP contribution in [0, 0.1) is 0 Å². The Morgan fingerprint density at radius 1 is 0.920 bits per heavy atom. The second-order valence-electron chi connectivity index (χ2n) is 6.25. The summed E-state index contributed by atoms with van der Waals surface area (Å²) in [6, 6.07) is 12.9. The molecular weight excluding hydrogens is 347 g/mol. The molecule has 0 bridgehead atoms. The highest BCUT2D eigenvalue weighted by molar-refractivity contribution is 8.10. The molecule has 6 heteroatoms. The molecule has 0 fully saturated rings. The lowest BCUT2D eigenvalue weighted by Gasteiger charge is -2.19. The molecule has 1 N–H and O–H groups in total. The summed E-state index contributed by atoms with van der Waals surface area (Å²) < 4.78 is 43.6. The van der Waals surface area contributed by atoms with Crippen LogP contribution < -0.4 is 10.1 Å². The molecule has 0 saturated heterocycles. The Kier molecular flexibility index (Phi) is 4.49. The van der Waals surface area contributed by atoms with Crippen LogP contribution in [0.25, 0.3) is 10.6 Å². The summed E-state index contributed by atoms with van der Waals surface area (Å²) in [6.07, 6.45) is -4.33. The maximum atomic E-state index is 12.8. The maximum Gasteiger partial charge on any atom is 0.416 e. The monoisotopic (exact) mass is 365 g/mol. The van der Waals surface area contributed by atoms with Crippen LogP contribution in [0.5, 0.6) is 5.75 Å². The molecule has 3 rings (SSSR count). The van der Waals surface area contributed by atoms with E-state index in [-0.39, 0.29) is 4.87 Å². The first-order valence-electron chi connectivity index (χ1n) is 7.73. The average Bonchev–Trinajstić information content (AvgIpc) is 2.90. The van der Waals surface area contributed by atoms with Crippen LogP contribution in [0.3, 0.4) is 0 Å². The molecule has 1 heterocycles. The molecule has 0 unspecified atom stereocenters. The first-order valence-corrected chi connectivity index (χ1v) is 8.55. The average molecular weight is 365 g/mol. The highest BCUT2D eigenvalue weighted by atomic mass is 32.2. The second kappa shape index (κ2) is 6.33. The number of methoxy groups -OCH3 is 1. The van der Waals surface area contributed by atoms with Gasteiger partial charge in [-0.15, -0.1) is 0 Å². The van der Waals surface area contributed by atoms with E-state index in [1.54, 1.807) is 18.9 Å². The van der Waals surface area contributed by atoms with Gasteiger partial charge >= 0.3 is 6.18 Å². The van der Waals surface area contributed by atoms with Gasteiger partial charge in [0.25, 0.3) is 0 Å². The number of thioether (sulfide) groups is 1. The number of hydrogen-bond donors (Lipinski definition) is 1. The van der Waals surface area contributed by atoms with Gasteiger partial charge in [-0.25, -0.2) is 0 Å². The van der Waals surface area contributed by atoms with Crippen molar-refractivity contribution in [3.63, 3.8) is 0 Å². The molecule has 1 aliphatic rings. The van der Waals surface area contributed by atoms with Crippen molar-refractivity contribution >= 4 is 22.4 Å². The van der Waals surface area contributed by atoms with E-state index in [1.807, 2.05) is 38.1 Å². The van der Waals surface area contributed by atoms with Gasteiger partial charge in [-0.05, 0) is 61.4 Å². The van der Waals surface area contributed by atoms with E-state index in [2.05, 4.69) is 5.32 Å². The fraction of sp³-hybridized carbons (Fsp3) is 0.263. The number of hydrogen-bond acceptors (Lipinski definition) is 3. The van der Waals surface area contributed by atoms with Crippen molar-refractivity contribution in [1.29, 1.82) is 0 Å². The van der Waals surface area contributed by atoms with Crippen molar-refractivity contribution < 1.29 is 17.9 Å². The maximum absolute atomic E-state index is 12.8. The fourth-order valence-corrected chi connectivity index (χ4v) is 3.85. The van der Waals surface area contributed by atoms with E-state index in [1.165, 1.54) is 12.1 Å². The lowest BCUT2D eigenvalue weighted by molar-refractivity contribution is -0.137. The van der Waals surface area contributed by atoms with Gasteiger partial charge in [-0.2, -0.15) is 13.2 Å². The van der Waals surface area contributed by atoms with Crippen LogP contribution in [0.15, 0.2) is 48.5 Å². The van der Waals surface area contributed by atoms with E-state index in [4.69, 9.17) is 4.74 Å². The van der Waals surface area contributed by atoms with Crippen molar-refractivity contribution in [1.82, 2.24) is 5.32 Å². The van der Waals surface area contributed by atoms with Gasteiger partial charge in [0.1, 0.15) is 5.75 Å². The lowest BCUT2D eigenvalue weighted by atomic mass is 10.1. The topological polar surface area (TPSA) is 21.3 Å². The van der Waals surface area contributed by atoms with Gasteiger partial charge in [-0.3, -0.25) is 0 Å². The first kappa shape index (κ1) is 17.7. The Morgan fingerprint density at radius 3 is 2.00 bits per heavy atom. The van der Waals surface area contributed by atoms with Crippen LogP contribution in [-0.4, -0.2) is 12.0 Å². The second-order valence-corrected chi connectivity index (χ2v) is 7.88. The predicted octanol–water partition coefficient (Wildman–Crippen LogP) is 5.61.